The van der Waals surface area contributed by atoms with E-state index in [1.54, 1.807) is 32.4 Å². The number of benzene rings is 1. The van der Waals surface area contributed by atoms with Gasteiger partial charge in [-0.25, -0.2) is 4.79 Å². The molecule has 0 unspecified atom stereocenters. The molecule has 0 fully saturated rings. The SMILES string of the molecule is COc1ccc2c(c1)c(C(C)C)c(C(=O)O)c(=O)n2C. The monoisotopic (exact) mass is 275 g/mol. The summed E-state index contributed by atoms with van der Waals surface area (Å²) in [6.07, 6.45) is 0. The highest BCUT2D eigenvalue weighted by molar-refractivity contribution is 5.97. The topological polar surface area (TPSA) is 68.5 Å². The summed E-state index contributed by atoms with van der Waals surface area (Å²) in [6.45, 7) is 3.75. The van der Waals surface area contributed by atoms with Gasteiger partial charge in [0.2, 0.25) is 0 Å². The van der Waals surface area contributed by atoms with Gasteiger partial charge in [-0.15, -0.1) is 0 Å². The smallest absolute Gasteiger partial charge is 0.341 e. The summed E-state index contributed by atoms with van der Waals surface area (Å²) in [5, 5.41) is 10.1. The van der Waals surface area contributed by atoms with E-state index in [4.69, 9.17) is 4.74 Å². The van der Waals surface area contributed by atoms with Crippen LogP contribution in [-0.4, -0.2) is 22.8 Å². The van der Waals surface area contributed by atoms with E-state index in [9.17, 15) is 14.7 Å². The first-order valence-electron chi connectivity index (χ1n) is 6.32. The Morgan fingerprint density at radius 3 is 2.50 bits per heavy atom. The van der Waals surface area contributed by atoms with Gasteiger partial charge in [0, 0.05) is 12.4 Å². The fraction of sp³-hybridized carbons (Fsp3) is 0.333. The van der Waals surface area contributed by atoms with Gasteiger partial charge < -0.3 is 14.4 Å². The van der Waals surface area contributed by atoms with Gasteiger partial charge in [0.25, 0.3) is 5.56 Å². The van der Waals surface area contributed by atoms with Crippen LogP contribution < -0.4 is 10.3 Å². The zero-order valence-electron chi connectivity index (χ0n) is 11.9. The lowest BCUT2D eigenvalue weighted by Crippen LogP contribution is -2.27. The Morgan fingerprint density at radius 1 is 1.35 bits per heavy atom. The largest absolute Gasteiger partial charge is 0.497 e. The number of aromatic carboxylic acids is 1. The van der Waals surface area contributed by atoms with E-state index < -0.39 is 11.5 Å². The van der Waals surface area contributed by atoms with Gasteiger partial charge in [-0.2, -0.15) is 0 Å². The molecule has 5 nitrogen and oxygen atoms in total. The Morgan fingerprint density at radius 2 is 2.00 bits per heavy atom. The lowest BCUT2D eigenvalue weighted by atomic mass is 9.93. The van der Waals surface area contributed by atoms with Gasteiger partial charge in [-0.3, -0.25) is 4.79 Å². The highest BCUT2D eigenvalue weighted by Crippen LogP contribution is 2.29. The quantitative estimate of drug-likeness (QED) is 0.933. The van der Waals surface area contributed by atoms with Gasteiger partial charge in [-0.1, -0.05) is 13.8 Å². The third-order valence-corrected chi connectivity index (χ3v) is 3.43. The number of nitrogens with zero attached hydrogens (tertiary/aromatic N) is 1. The number of pyridine rings is 1. The van der Waals surface area contributed by atoms with Crippen molar-refractivity contribution in [2.24, 2.45) is 7.05 Å². The molecule has 0 aliphatic rings. The van der Waals surface area contributed by atoms with E-state index in [2.05, 4.69) is 0 Å². The normalized spacial score (nSPS) is 11.1. The second-order valence-electron chi connectivity index (χ2n) is 5.00. The summed E-state index contributed by atoms with van der Waals surface area (Å²) in [4.78, 5) is 23.7. The Kier molecular flexibility index (Phi) is 3.53. The molecule has 0 radical (unpaired) electrons. The van der Waals surface area contributed by atoms with Crippen LogP contribution >= 0.6 is 0 Å². The van der Waals surface area contributed by atoms with Crippen LogP contribution in [0.4, 0.5) is 0 Å². The Hall–Kier alpha value is -2.30. The highest BCUT2D eigenvalue weighted by Gasteiger charge is 2.22. The maximum absolute atomic E-state index is 12.3. The molecule has 1 N–H and O–H groups in total. The fourth-order valence-corrected chi connectivity index (χ4v) is 2.48. The molecule has 0 atom stereocenters. The van der Waals surface area contributed by atoms with Crippen LogP contribution in [0.15, 0.2) is 23.0 Å². The van der Waals surface area contributed by atoms with E-state index in [0.29, 0.717) is 16.8 Å². The third-order valence-electron chi connectivity index (χ3n) is 3.43. The molecule has 1 aromatic heterocycles. The Bertz CT molecular complexity index is 744. The fourth-order valence-electron chi connectivity index (χ4n) is 2.48. The van der Waals surface area contributed by atoms with E-state index in [-0.39, 0.29) is 11.5 Å². The zero-order chi connectivity index (χ0) is 15.0. The summed E-state index contributed by atoms with van der Waals surface area (Å²) in [5.74, 6) is -0.641. The standard InChI is InChI=1S/C15H17NO4/c1-8(2)12-10-7-9(20-4)5-6-11(10)16(3)14(17)13(12)15(18)19/h5-8H,1-4H3,(H,18,19). The molecule has 1 aromatic carbocycles. The number of aromatic nitrogens is 1. The predicted octanol–water partition coefficient (Wildman–Crippen LogP) is 2.37. The number of rotatable bonds is 3. The van der Waals surface area contributed by atoms with Gasteiger partial charge in [-0.05, 0) is 29.7 Å². The first-order valence-corrected chi connectivity index (χ1v) is 6.32. The summed E-state index contributed by atoms with van der Waals surface area (Å²) < 4.78 is 6.56. The van der Waals surface area contributed by atoms with Crippen molar-refractivity contribution in [3.8, 4) is 5.75 Å². The number of carboxylic acid groups (broad SMARTS) is 1. The molecule has 1 heterocycles. The van der Waals surface area contributed by atoms with Crippen molar-refractivity contribution in [3.05, 3.63) is 39.7 Å². The molecular weight excluding hydrogens is 258 g/mol. The van der Waals surface area contributed by atoms with Crippen molar-refractivity contribution in [1.82, 2.24) is 4.57 Å². The number of aryl methyl sites for hydroxylation is 1. The second-order valence-corrected chi connectivity index (χ2v) is 5.00. The van der Waals surface area contributed by atoms with Crippen molar-refractivity contribution in [1.29, 1.82) is 0 Å². The number of carbonyl (C=O) groups is 1. The molecule has 2 aromatic rings. The van der Waals surface area contributed by atoms with Crippen molar-refractivity contribution >= 4 is 16.9 Å². The minimum absolute atomic E-state index is 0.0791. The van der Waals surface area contributed by atoms with Crippen LogP contribution in [0.1, 0.15) is 35.7 Å². The number of ether oxygens (including phenoxy) is 1. The lowest BCUT2D eigenvalue weighted by molar-refractivity contribution is 0.0693. The average molecular weight is 275 g/mol. The van der Waals surface area contributed by atoms with Crippen molar-refractivity contribution in [3.63, 3.8) is 0 Å². The number of fused-ring (bicyclic) bond motifs is 1. The molecule has 0 spiro atoms. The molecule has 0 amide bonds. The van der Waals surface area contributed by atoms with Gasteiger partial charge in [0.1, 0.15) is 11.3 Å². The summed E-state index contributed by atoms with van der Waals surface area (Å²) in [6, 6.07) is 5.30. The van der Waals surface area contributed by atoms with Gasteiger partial charge in [0.05, 0.1) is 12.6 Å². The van der Waals surface area contributed by atoms with Crippen LogP contribution in [-0.2, 0) is 7.05 Å². The van der Waals surface area contributed by atoms with E-state index in [0.717, 1.165) is 5.39 Å². The van der Waals surface area contributed by atoms with E-state index in [1.165, 1.54) is 4.57 Å². The van der Waals surface area contributed by atoms with Crippen LogP contribution in [0.25, 0.3) is 10.9 Å². The maximum Gasteiger partial charge on any atom is 0.341 e. The minimum atomic E-state index is -1.20. The average Bonchev–Trinajstić information content (AvgIpc) is 2.40. The number of hydrogen-bond donors (Lipinski definition) is 1. The molecule has 2 rings (SSSR count). The summed E-state index contributed by atoms with van der Waals surface area (Å²) >= 11 is 0. The molecular formula is C15H17NO4. The maximum atomic E-state index is 12.3. The Labute approximate surface area is 116 Å². The minimum Gasteiger partial charge on any atom is -0.497 e. The third kappa shape index (κ3) is 2.05. The molecule has 20 heavy (non-hydrogen) atoms. The summed E-state index contributed by atoms with van der Waals surface area (Å²) in [7, 11) is 3.13. The predicted molar refractivity (Wildman–Crippen MR) is 76.8 cm³/mol. The number of methoxy groups -OCH3 is 1. The van der Waals surface area contributed by atoms with Crippen LogP contribution in [0.5, 0.6) is 5.75 Å². The van der Waals surface area contributed by atoms with Gasteiger partial charge in [0.15, 0.2) is 0 Å². The highest BCUT2D eigenvalue weighted by atomic mass is 16.5. The lowest BCUT2D eigenvalue weighted by Gasteiger charge is -2.16. The zero-order valence-corrected chi connectivity index (χ0v) is 11.9. The van der Waals surface area contributed by atoms with E-state index >= 15 is 0 Å². The second kappa shape index (κ2) is 5.00. The summed E-state index contributed by atoms with van der Waals surface area (Å²) in [5.41, 5.74) is 0.598. The Balaban J connectivity index is 3.05. The molecule has 0 saturated carbocycles. The first kappa shape index (κ1) is 14.1. The van der Waals surface area contributed by atoms with Crippen molar-refractivity contribution < 1.29 is 14.6 Å². The van der Waals surface area contributed by atoms with Crippen LogP contribution in [0.3, 0.4) is 0 Å². The van der Waals surface area contributed by atoms with E-state index in [1.807, 2.05) is 13.8 Å². The van der Waals surface area contributed by atoms with Crippen molar-refractivity contribution in [2.45, 2.75) is 19.8 Å². The van der Waals surface area contributed by atoms with Crippen LogP contribution in [0, 0.1) is 0 Å². The molecule has 0 aliphatic heterocycles. The first-order chi connectivity index (χ1) is 9.38. The molecule has 106 valence electrons. The van der Waals surface area contributed by atoms with Crippen LogP contribution in [0.2, 0.25) is 0 Å². The van der Waals surface area contributed by atoms with Crippen molar-refractivity contribution in [2.75, 3.05) is 7.11 Å². The number of hydrogen-bond acceptors (Lipinski definition) is 3. The molecule has 0 saturated heterocycles. The molecule has 0 aliphatic carbocycles. The van der Waals surface area contributed by atoms with Gasteiger partial charge >= 0.3 is 5.97 Å². The molecule has 5 heteroatoms. The number of carboxylic acids is 1. The molecule has 0 bridgehead atoms.